The molecular formula is C12H18O5P+. The molecule has 100 valence electrons. The molecule has 0 N–H and O–H groups in total. The lowest BCUT2D eigenvalue weighted by Gasteiger charge is -2.18. The van der Waals surface area contributed by atoms with Crippen molar-refractivity contribution in [2.75, 3.05) is 20.3 Å². The molecule has 0 bridgehead atoms. The first-order chi connectivity index (χ1) is 8.72. The van der Waals surface area contributed by atoms with E-state index < -0.39 is 7.94 Å². The van der Waals surface area contributed by atoms with E-state index >= 15 is 0 Å². The van der Waals surface area contributed by atoms with E-state index in [-0.39, 0.29) is 0 Å². The zero-order valence-electron chi connectivity index (χ0n) is 10.8. The Kier molecular flexibility index (Phi) is 6.05. The molecule has 0 saturated heterocycles. The molecule has 1 rings (SSSR count). The Morgan fingerprint density at radius 3 is 2.06 bits per heavy atom. The molecule has 6 heteroatoms. The van der Waals surface area contributed by atoms with Crippen molar-refractivity contribution in [2.45, 2.75) is 13.8 Å². The van der Waals surface area contributed by atoms with Crippen molar-refractivity contribution in [2.24, 2.45) is 0 Å². The summed E-state index contributed by atoms with van der Waals surface area (Å²) in [5.74, 6) is 0.718. The minimum atomic E-state index is -2.80. The van der Waals surface area contributed by atoms with E-state index in [1.54, 1.807) is 31.4 Å². The SMILES string of the molecule is CCO[P+](OC=O)(OCC)c1ccc(OC)cc1. The van der Waals surface area contributed by atoms with E-state index in [2.05, 4.69) is 0 Å². The van der Waals surface area contributed by atoms with Gasteiger partial charge in [-0.05, 0) is 38.1 Å². The van der Waals surface area contributed by atoms with Crippen molar-refractivity contribution in [3.8, 4) is 5.75 Å². The van der Waals surface area contributed by atoms with Crippen molar-refractivity contribution < 1.29 is 23.1 Å². The number of rotatable bonds is 8. The zero-order chi connectivity index (χ0) is 13.4. The van der Waals surface area contributed by atoms with Crippen molar-refractivity contribution >= 4 is 19.7 Å². The van der Waals surface area contributed by atoms with Crippen molar-refractivity contribution in [1.29, 1.82) is 0 Å². The molecule has 0 spiro atoms. The van der Waals surface area contributed by atoms with Crippen LogP contribution in [0.25, 0.3) is 0 Å². The Balaban J connectivity index is 3.08. The number of hydrogen-bond acceptors (Lipinski definition) is 5. The molecule has 18 heavy (non-hydrogen) atoms. The third-order valence-electron chi connectivity index (χ3n) is 2.17. The standard InChI is InChI=1S/C12H18O5P/c1-4-15-18(16-5-2,17-10-13)12-8-6-11(14-3)7-9-12/h6-10H,4-5H2,1-3H3/q+1. The summed E-state index contributed by atoms with van der Waals surface area (Å²) in [5, 5.41) is 0.708. The summed E-state index contributed by atoms with van der Waals surface area (Å²) in [5.41, 5.74) is 0. The van der Waals surface area contributed by atoms with E-state index in [0.29, 0.717) is 25.0 Å². The molecule has 0 saturated carbocycles. The van der Waals surface area contributed by atoms with Gasteiger partial charge in [0.15, 0.2) is 5.30 Å². The van der Waals surface area contributed by atoms with Crippen LogP contribution in [0.15, 0.2) is 24.3 Å². The molecular weight excluding hydrogens is 255 g/mol. The van der Waals surface area contributed by atoms with Crippen LogP contribution in [0, 0.1) is 0 Å². The van der Waals surface area contributed by atoms with Gasteiger partial charge in [-0.15, -0.1) is 0 Å². The van der Waals surface area contributed by atoms with Gasteiger partial charge in [-0.3, -0.25) is 4.79 Å². The van der Waals surface area contributed by atoms with Crippen LogP contribution in [-0.2, 0) is 18.4 Å². The average molecular weight is 273 g/mol. The third-order valence-corrected chi connectivity index (χ3v) is 4.66. The molecule has 0 fully saturated rings. The molecule has 1 aromatic carbocycles. The van der Waals surface area contributed by atoms with Gasteiger partial charge in [0.2, 0.25) is 0 Å². The van der Waals surface area contributed by atoms with E-state index in [1.807, 2.05) is 13.8 Å². The van der Waals surface area contributed by atoms with Crippen LogP contribution in [0.2, 0.25) is 0 Å². The van der Waals surface area contributed by atoms with Gasteiger partial charge in [0.1, 0.15) is 5.75 Å². The predicted molar refractivity (Wildman–Crippen MR) is 69.9 cm³/mol. The highest BCUT2D eigenvalue weighted by Gasteiger charge is 2.49. The maximum Gasteiger partial charge on any atom is 0.496 e. The lowest BCUT2D eigenvalue weighted by Crippen LogP contribution is -2.19. The highest BCUT2D eigenvalue weighted by atomic mass is 31.2. The van der Waals surface area contributed by atoms with E-state index in [0.717, 1.165) is 5.75 Å². The second kappa shape index (κ2) is 7.31. The molecule has 0 aliphatic heterocycles. The highest BCUT2D eigenvalue weighted by Crippen LogP contribution is 2.60. The van der Waals surface area contributed by atoms with Crippen molar-refractivity contribution in [3.63, 3.8) is 0 Å². The fourth-order valence-electron chi connectivity index (χ4n) is 1.47. The Labute approximate surface area is 108 Å². The normalized spacial score (nSPS) is 11.1. The first-order valence-corrected chi connectivity index (χ1v) is 7.21. The summed E-state index contributed by atoms with van der Waals surface area (Å²) in [7, 11) is -1.21. The van der Waals surface area contributed by atoms with Crippen LogP contribution in [0.1, 0.15) is 13.8 Å². The Morgan fingerprint density at radius 2 is 1.67 bits per heavy atom. The van der Waals surface area contributed by atoms with Crippen LogP contribution in [0.5, 0.6) is 5.75 Å². The van der Waals surface area contributed by atoms with Crippen LogP contribution < -0.4 is 10.0 Å². The van der Waals surface area contributed by atoms with Gasteiger partial charge in [0.05, 0.1) is 20.3 Å². The Morgan fingerprint density at radius 1 is 1.11 bits per heavy atom. The number of carbonyl (C=O) groups is 1. The van der Waals surface area contributed by atoms with E-state index in [9.17, 15) is 4.79 Å². The van der Waals surface area contributed by atoms with Gasteiger partial charge in [0.25, 0.3) is 0 Å². The largest absolute Gasteiger partial charge is 0.497 e. The van der Waals surface area contributed by atoms with Gasteiger partial charge in [0, 0.05) is 0 Å². The summed E-state index contributed by atoms with van der Waals surface area (Å²) in [6.45, 7) is 4.81. The monoisotopic (exact) mass is 273 g/mol. The number of methoxy groups -OCH3 is 1. The first-order valence-electron chi connectivity index (χ1n) is 5.67. The summed E-state index contributed by atoms with van der Waals surface area (Å²) in [4.78, 5) is 10.7. The second-order valence-electron chi connectivity index (χ2n) is 3.23. The molecule has 0 amide bonds. The van der Waals surface area contributed by atoms with Crippen LogP contribution in [0.4, 0.5) is 0 Å². The molecule has 0 atom stereocenters. The maximum atomic E-state index is 10.7. The summed E-state index contributed by atoms with van der Waals surface area (Å²) in [6.07, 6.45) is 0. The topological polar surface area (TPSA) is 54.0 Å². The van der Waals surface area contributed by atoms with Gasteiger partial charge in [-0.2, -0.15) is 9.05 Å². The molecule has 0 aliphatic rings. The summed E-state index contributed by atoms with van der Waals surface area (Å²) in [6, 6.07) is 7.11. The first kappa shape index (κ1) is 14.9. The zero-order valence-corrected chi connectivity index (χ0v) is 11.7. The molecule has 0 aliphatic carbocycles. The van der Waals surface area contributed by atoms with E-state index in [1.165, 1.54) is 0 Å². The molecule has 1 aromatic rings. The third kappa shape index (κ3) is 3.42. The fraction of sp³-hybridized carbons (Fsp3) is 0.417. The average Bonchev–Trinajstić information content (AvgIpc) is 2.39. The molecule has 0 aromatic heterocycles. The quantitative estimate of drug-likeness (QED) is 0.537. The second-order valence-corrected chi connectivity index (χ2v) is 5.47. The lowest BCUT2D eigenvalue weighted by atomic mass is 10.3. The Bertz CT molecular complexity index is 359. The van der Waals surface area contributed by atoms with E-state index in [4.69, 9.17) is 18.3 Å². The smallest absolute Gasteiger partial charge is 0.496 e. The summed E-state index contributed by atoms with van der Waals surface area (Å²) >= 11 is 0. The van der Waals surface area contributed by atoms with Crippen LogP contribution >= 0.6 is 7.94 Å². The van der Waals surface area contributed by atoms with Gasteiger partial charge in [-0.1, -0.05) is 0 Å². The van der Waals surface area contributed by atoms with Gasteiger partial charge >= 0.3 is 14.4 Å². The summed E-state index contributed by atoms with van der Waals surface area (Å²) < 4.78 is 21.3. The minimum Gasteiger partial charge on any atom is -0.497 e. The maximum absolute atomic E-state index is 10.7. The number of benzene rings is 1. The Hall–Kier alpha value is -1.16. The highest BCUT2D eigenvalue weighted by molar-refractivity contribution is 7.69. The number of carbonyl (C=O) groups excluding carboxylic acids is 1. The number of hydrogen-bond donors (Lipinski definition) is 0. The van der Waals surface area contributed by atoms with Crippen LogP contribution in [0.3, 0.4) is 0 Å². The molecule has 0 unspecified atom stereocenters. The van der Waals surface area contributed by atoms with Crippen molar-refractivity contribution in [3.05, 3.63) is 24.3 Å². The number of ether oxygens (including phenoxy) is 1. The van der Waals surface area contributed by atoms with Crippen LogP contribution in [-0.4, -0.2) is 26.8 Å². The van der Waals surface area contributed by atoms with Gasteiger partial charge < -0.3 is 4.74 Å². The molecule has 0 heterocycles. The fourth-order valence-corrected chi connectivity index (χ4v) is 3.39. The lowest BCUT2D eigenvalue weighted by molar-refractivity contribution is -0.121. The van der Waals surface area contributed by atoms with Gasteiger partial charge in [-0.25, -0.2) is 4.52 Å². The molecule has 0 radical (unpaired) electrons. The predicted octanol–water partition coefficient (Wildman–Crippen LogP) is 2.33. The minimum absolute atomic E-state index is 0.364. The van der Waals surface area contributed by atoms with Crippen molar-refractivity contribution in [1.82, 2.24) is 0 Å². The molecule has 5 nitrogen and oxygen atoms in total.